The van der Waals surface area contributed by atoms with Gasteiger partial charge in [0.15, 0.2) is 0 Å². The molecule has 182 valence electrons. The molecule has 1 aliphatic rings. The number of nitrogens with one attached hydrogen (secondary N) is 1. The third-order valence-electron chi connectivity index (χ3n) is 6.51. The molecule has 0 fully saturated rings. The maximum absolute atomic E-state index is 13.2. The van der Waals surface area contributed by atoms with Gasteiger partial charge in [-0.1, -0.05) is 75.2 Å². The monoisotopic (exact) mass is 463 g/mol. The van der Waals surface area contributed by atoms with Crippen LogP contribution in [0.4, 0.5) is 0 Å². The highest BCUT2D eigenvalue weighted by atomic mass is 16.7. The first kappa shape index (κ1) is 25.8. The van der Waals surface area contributed by atoms with Gasteiger partial charge in [-0.05, 0) is 61.1 Å². The topological polar surface area (TPSA) is 93.8 Å². The molecule has 0 radical (unpaired) electrons. The van der Waals surface area contributed by atoms with Crippen LogP contribution in [-0.2, 0) is 15.2 Å². The van der Waals surface area contributed by atoms with E-state index in [0.717, 1.165) is 54.5 Å². The Morgan fingerprint density at radius 2 is 1.76 bits per heavy atom. The molecule has 3 N–H and O–H groups in total. The van der Waals surface area contributed by atoms with Gasteiger partial charge in [-0.3, -0.25) is 4.79 Å². The summed E-state index contributed by atoms with van der Waals surface area (Å²) >= 11 is 0. The number of carbonyl (C=O) groups is 2. The summed E-state index contributed by atoms with van der Waals surface area (Å²) in [5, 5.41) is 7.60. The SMILES string of the molecule is CCCCNC1(C(N)CCC)c2ccccc2-c2ccc(C(=O)/C(C)=N\OC(=O)CCC)cc21. The number of hydrogen-bond acceptors (Lipinski definition) is 6. The molecule has 0 saturated heterocycles. The maximum atomic E-state index is 13.2. The maximum Gasteiger partial charge on any atom is 0.335 e. The number of rotatable bonds is 12. The van der Waals surface area contributed by atoms with Gasteiger partial charge in [0.1, 0.15) is 5.71 Å². The van der Waals surface area contributed by atoms with Gasteiger partial charge in [-0.15, -0.1) is 0 Å². The second-order valence-electron chi connectivity index (χ2n) is 9.01. The van der Waals surface area contributed by atoms with Crippen LogP contribution in [0.15, 0.2) is 47.6 Å². The molecular weight excluding hydrogens is 426 g/mol. The average molecular weight is 464 g/mol. The highest BCUT2D eigenvalue weighted by molar-refractivity contribution is 6.45. The van der Waals surface area contributed by atoms with Crippen molar-refractivity contribution in [1.29, 1.82) is 0 Å². The van der Waals surface area contributed by atoms with E-state index in [4.69, 9.17) is 10.6 Å². The lowest BCUT2D eigenvalue weighted by Gasteiger charge is -2.39. The summed E-state index contributed by atoms with van der Waals surface area (Å²) in [6.45, 7) is 8.59. The Bertz CT molecular complexity index is 1060. The molecule has 0 saturated carbocycles. The number of fused-ring (bicyclic) bond motifs is 3. The fourth-order valence-electron chi connectivity index (χ4n) is 4.78. The predicted octanol–water partition coefficient (Wildman–Crippen LogP) is 5.33. The molecule has 6 nitrogen and oxygen atoms in total. The molecular formula is C28H37N3O3. The number of benzene rings is 2. The second kappa shape index (κ2) is 11.5. The average Bonchev–Trinajstić information content (AvgIpc) is 3.13. The molecule has 2 aromatic rings. The van der Waals surface area contributed by atoms with Crippen molar-refractivity contribution in [2.24, 2.45) is 10.9 Å². The first-order chi connectivity index (χ1) is 16.4. The first-order valence-electron chi connectivity index (χ1n) is 12.4. The Kier molecular flexibility index (Phi) is 8.75. The minimum Gasteiger partial charge on any atom is -0.326 e. The van der Waals surface area contributed by atoms with Gasteiger partial charge < -0.3 is 15.9 Å². The Labute approximate surface area is 202 Å². The highest BCUT2D eigenvalue weighted by Gasteiger charge is 2.47. The molecule has 0 spiro atoms. The Hall–Kier alpha value is -2.83. The smallest absolute Gasteiger partial charge is 0.326 e. The molecule has 1 aliphatic carbocycles. The number of unbranched alkanes of at least 4 members (excludes halogenated alkanes) is 1. The second-order valence-corrected chi connectivity index (χ2v) is 9.01. The number of carbonyl (C=O) groups excluding carboxylic acids is 2. The van der Waals surface area contributed by atoms with Crippen molar-refractivity contribution < 1.29 is 14.4 Å². The lowest BCUT2D eigenvalue weighted by atomic mass is 9.78. The summed E-state index contributed by atoms with van der Waals surface area (Å²) in [5.74, 6) is -0.710. The molecule has 0 aliphatic heterocycles. The van der Waals surface area contributed by atoms with Gasteiger partial charge in [0.05, 0.1) is 5.54 Å². The van der Waals surface area contributed by atoms with E-state index in [2.05, 4.69) is 36.5 Å². The Balaban J connectivity index is 2.07. The number of hydrogen-bond donors (Lipinski definition) is 2. The van der Waals surface area contributed by atoms with Gasteiger partial charge in [0.2, 0.25) is 5.78 Å². The highest BCUT2D eigenvalue weighted by Crippen LogP contribution is 2.49. The fourth-order valence-corrected chi connectivity index (χ4v) is 4.78. The molecule has 2 aromatic carbocycles. The van der Waals surface area contributed by atoms with Crippen LogP contribution in [0.5, 0.6) is 0 Å². The zero-order chi connectivity index (χ0) is 24.7. The largest absolute Gasteiger partial charge is 0.335 e. The molecule has 0 aromatic heterocycles. The summed E-state index contributed by atoms with van der Waals surface area (Å²) < 4.78 is 0. The van der Waals surface area contributed by atoms with Gasteiger partial charge in [-0.25, -0.2) is 4.79 Å². The van der Waals surface area contributed by atoms with E-state index in [1.165, 1.54) is 0 Å². The first-order valence-corrected chi connectivity index (χ1v) is 12.4. The quantitative estimate of drug-likeness (QED) is 0.146. The van der Waals surface area contributed by atoms with E-state index < -0.39 is 11.5 Å². The third-order valence-corrected chi connectivity index (χ3v) is 6.51. The van der Waals surface area contributed by atoms with E-state index in [-0.39, 0.29) is 24.0 Å². The summed E-state index contributed by atoms with van der Waals surface area (Å²) in [4.78, 5) is 29.8. The van der Waals surface area contributed by atoms with Crippen LogP contribution in [0.2, 0.25) is 0 Å². The third kappa shape index (κ3) is 4.98. The number of Topliss-reactive ketones (excluding diaryl/α,β-unsaturated/α-hetero) is 1. The number of nitrogens with zero attached hydrogens (tertiary/aromatic N) is 1. The van der Waals surface area contributed by atoms with Crippen LogP contribution in [0.3, 0.4) is 0 Å². The molecule has 2 atom stereocenters. The van der Waals surface area contributed by atoms with Crippen molar-refractivity contribution in [3.8, 4) is 11.1 Å². The standard InChI is InChI=1S/C28H37N3O3/c1-5-8-17-30-28(25(29)11-6-2)23-14-10-9-13-21(23)22-16-15-20(18-24(22)28)27(33)19(4)31-34-26(32)12-7-3/h9-10,13-16,18,25,30H,5-8,11-12,17,29H2,1-4H3/b31-19-. The normalized spacial score (nSPS) is 17.7. The van der Waals surface area contributed by atoms with Crippen molar-refractivity contribution in [1.82, 2.24) is 5.32 Å². The van der Waals surface area contributed by atoms with Crippen LogP contribution in [0.1, 0.15) is 87.7 Å². The minimum absolute atomic E-state index is 0.141. The Morgan fingerprint density at radius 3 is 2.47 bits per heavy atom. The summed E-state index contributed by atoms with van der Waals surface area (Å²) in [7, 11) is 0. The van der Waals surface area contributed by atoms with Gasteiger partial charge in [-0.2, -0.15) is 0 Å². The van der Waals surface area contributed by atoms with E-state index >= 15 is 0 Å². The van der Waals surface area contributed by atoms with Crippen molar-refractivity contribution in [3.05, 3.63) is 59.2 Å². The molecule has 0 amide bonds. The molecule has 34 heavy (non-hydrogen) atoms. The van der Waals surface area contributed by atoms with Crippen molar-refractivity contribution in [2.75, 3.05) is 6.54 Å². The lowest BCUT2D eigenvalue weighted by molar-refractivity contribution is -0.143. The van der Waals surface area contributed by atoms with Crippen LogP contribution in [0, 0.1) is 0 Å². The molecule has 0 heterocycles. The van der Waals surface area contributed by atoms with Crippen LogP contribution >= 0.6 is 0 Å². The summed E-state index contributed by atoms with van der Waals surface area (Å²) in [6.07, 6.45) is 4.85. The van der Waals surface area contributed by atoms with Crippen LogP contribution < -0.4 is 11.1 Å². The zero-order valence-corrected chi connectivity index (χ0v) is 20.8. The summed E-state index contributed by atoms with van der Waals surface area (Å²) in [6, 6.07) is 14.0. The lowest BCUT2D eigenvalue weighted by Crippen LogP contribution is -2.55. The molecule has 6 heteroatoms. The van der Waals surface area contributed by atoms with Crippen molar-refractivity contribution in [2.45, 2.75) is 77.8 Å². The molecule has 0 bridgehead atoms. The number of ketones is 1. The number of nitrogens with two attached hydrogens (primary N) is 1. The zero-order valence-electron chi connectivity index (χ0n) is 20.8. The molecule has 2 unspecified atom stereocenters. The summed E-state index contributed by atoms with van der Waals surface area (Å²) in [5.41, 5.74) is 11.4. The predicted molar refractivity (Wildman–Crippen MR) is 137 cm³/mol. The Morgan fingerprint density at radius 1 is 1.03 bits per heavy atom. The fraction of sp³-hybridized carbons (Fsp3) is 0.464. The van der Waals surface area contributed by atoms with Crippen LogP contribution in [-0.4, -0.2) is 30.1 Å². The van der Waals surface area contributed by atoms with Crippen molar-refractivity contribution in [3.63, 3.8) is 0 Å². The van der Waals surface area contributed by atoms with Gasteiger partial charge in [0.25, 0.3) is 0 Å². The van der Waals surface area contributed by atoms with Gasteiger partial charge in [0, 0.05) is 18.0 Å². The van der Waals surface area contributed by atoms with E-state index in [9.17, 15) is 9.59 Å². The van der Waals surface area contributed by atoms with E-state index in [1.807, 2.05) is 37.3 Å². The van der Waals surface area contributed by atoms with Gasteiger partial charge >= 0.3 is 5.97 Å². The van der Waals surface area contributed by atoms with Crippen molar-refractivity contribution >= 4 is 17.5 Å². The van der Waals surface area contributed by atoms with E-state index in [0.29, 0.717) is 12.0 Å². The minimum atomic E-state index is -0.577. The molecule has 3 rings (SSSR count). The van der Waals surface area contributed by atoms with Crippen LogP contribution in [0.25, 0.3) is 11.1 Å². The van der Waals surface area contributed by atoms with E-state index in [1.54, 1.807) is 6.92 Å². The number of oxime groups is 1.